The fourth-order valence-corrected chi connectivity index (χ4v) is 1.03. The molecule has 8 heavy (non-hydrogen) atoms. The molecule has 0 nitrogen and oxygen atoms in total. The average Bonchev–Trinajstić information content (AvgIpc) is 1.90. The minimum atomic E-state index is 1.08. The van der Waals surface area contributed by atoms with Gasteiger partial charge in [-0.1, -0.05) is 0 Å². The summed E-state index contributed by atoms with van der Waals surface area (Å²) < 4.78 is 0. The molecule has 0 unspecified atom stereocenters. The van der Waals surface area contributed by atoms with Crippen LogP contribution in [-0.4, -0.2) is 16.9 Å². The Kier molecular flexibility index (Phi) is 2.17. The molecule has 0 saturated heterocycles. The van der Waals surface area contributed by atoms with E-state index in [1.54, 1.807) is 0 Å². The first-order valence-electron chi connectivity index (χ1n) is 2.58. The van der Waals surface area contributed by atoms with Gasteiger partial charge >= 0.3 is 58.0 Å². The van der Waals surface area contributed by atoms with E-state index in [9.17, 15) is 0 Å². The third-order valence-electron chi connectivity index (χ3n) is 1.03. The van der Waals surface area contributed by atoms with E-state index in [0.717, 1.165) is 5.21 Å². The first kappa shape index (κ1) is 5.91. The summed E-state index contributed by atoms with van der Waals surface area (Å²) in [4.78, 5) is 0. The van der Waals surface area contributed by atoms with E-state index in [2.05, 4.69) is 41.1 Å². The molecule has 1 heteroatoms. The second-order valence-corrected chi connectivity index (χ2v) is 2.31. The van der Waals surface area contributed by atoms with Gasteiger partial charge in [-0.2, -0.15) is 0 Å². The Hall–Kier alpha value is -0.222. The van der Waals surface area contributed by atoms with Gasteiger partial charge in [0.2, 0.25) is 0 Å². The van der Waals surface area contributed by atoms with Crippen molar-refractivity contribution in [1.82, 2.24) is 0 Å². The maximum atomic E-state index is 2.56. The Bertz CT molecular complexity index is 146. The summed E-state index contributed by atoms with van der Waals surface area (Å²) in [5, 5.41) is 1.08. The fourth-order valence-electron chi connectivity index (χ4n) is 0.583. The van der Waals surface area contributed by atoms with Gasteiger partial charge in [0.1, 0.15) is 0 Å². The minimum absolute atomic E-state index is 1.08. The van der Waals surface area contributed by atoms with Crippen molar-refractivity contribution in [3.63, 3.8) is 0 Å². The standard InChI is InChI=1S/C7H7As/c8-6-7-4-2-1-3-5-7/h1-5H,6H2. The molecule has 0 N–H and O–H groups in total. The van der Waals surface area contributed by atoms with Crippen LogP contribution in [0.1, 0.15) is 5.56 Å². The second-order valence-electron chi connectivity index (χ2n) is 1.64. The van der Waals surface area contributed by atoms with E-state index in [1.165, 1.54) is 5.56 Å². The van der Waals surface area contributed by atoms with E-state index in [1.807, 2.05) is 6.07 Å². The second kappa shape index (κ2) is 2.94. The van der Waals surface area contributed by atoms with E-state index in [-0.39, 0.29) is 0 Å². The summed E-state index contributed by atoms with van der Waals surface area (Å²) in [5.74, 6) is 0. The van der Waals surface area contributed by atoms with Gasteiger partial charge < -0.3 is 0 Å². The average molecular weight is 166 g/mol. The Morgan fingerprint density at radius 1 is 1.12 bits per heavy atom. The molecule has 40 valence electrons. The van der Waals surface area contributed by atoms with Gasteiger partial charge in [0.15, 0.2) is 0 Å². The van der Waals surface area contributed by atoms with Crippen LogP contribution in [0.2, 0.25) is 0 Å². The topological polar surface area (TPSA) is 0 Å². The molecular weight excluding hydrogens is 159 g/mol. The zero-order chi connectivity index (χ0) is 5.82. The normalized spacial score (nSPS) is 9.12. The summed E-state index contributed by atoms with van der Waals surface area (Å²) in [6.07, 6.45) is 0. The van der Waals surface area contributed by atoms with Crippen LogP contribution in [0.15, 0.2) is 30.3 Å². The van der Waals surface area contributed by atoms with Crippen molar-refractivity contribution in [3.8, 4) is 0 Å². The fraction of sp³-hybridized carbons (Fsp3) is 0.143. The van der Waals surface area contributed by atoms with Crippen LogP contribution >= 0.6 is 0 Å². The Labute approximate surface area is 58.4 Å². The van der Waals surface area contributed by atoms with Gasteiger partial charge in [-0.25, -0.2) is 0 Å². The predicted octanol–water partition coefficient (Wildman–Crippen LogP) is 1.36. The molecule has 0 bridgehead atoms. The molecule has 0 atom stereocenters. The van der Waals surface area contributed by atoms with Crippen LogP contribution in [0, 0.1) is 0 Å². The van der Waals surface area contributed by atoms with Gasteiger partial charge in [0, 0.05) is 0 Å². The first-order chi connectivity index (χ1) is 3.93. The molecule has 0 aliphatic rings. The number of rotatable bonds is 1. The Balaban J connectivity index is 2.83. The van der Waals surface area contributed by atoms with Crippen LogP contribution in [0.25, 0.3) is 0 Å². The van der Waals surface area contributed by atoms with Gasteiger partial charge in [0.05, 0.1) is 0 Å². The molecule has 0 fully saturated rings. The molecule has 0 aliphatic heterocycles. The molecule has 0 heterocycles. The van der Waals surface area contributed by atoms with Crippen molar-refractivity contribution in [3.05, 3.63) is 35.9 Å². The van der Waals surface area contributed by atoms with Crippen molar-refractivity contribution >= 4 is 16.9 Å². The van der Waals surface area contributed by atoms with Gasteiger partial charge in [0.25, 0.3) is 0 Å². The van der Waals surface area contributed by atoms with Crippen molar-refractivity contribution in [2.24, 2.45) is 0 Å². The van der Waals surface area contributed by atoms with Crippen molar-refractivity contribution < 1.29 is 0 Å². The van der Waals surface area contributed by atoms with Crippen molar-refractivity contribution in [2.45, 2.75) is 5.21 Å². The Morgan fingerprint density at radius 2 is 1.75 bits per heavy atom. The molecule has 0 aromatic heterocycles. The van der Waals surface area contributed by atoms with Crippen LogP contribution < -0.4 is 0 Å². The van der Waals surface area contributed by atoms with Crippen LogP contribution in [-0.2, 0) is 5.21 Å². The summed E-state index contributed by atoms with van der Waals surface area (Å²) in [5.41, 5.74) is 1.38. The molecule has 1 rings (SSSR count). The summed E-state index contributed by atoms with van der Waals surface area (Å²) in [6.45, 7) is 0. The molecule has 1 aromatic carbocycles. The van der Waals surface area contributed by atoms with Crippen LogP contribution in [0.4, 0.5) is 0 Å². The summed E-state index contributed by atoms with van der Waals surface area (Å²) >= 11 is 2.56. The SMILES string of the molecule is [As]Cc1ccccc1. The van der Waals surface area contributed by atoms with E-state index >= 15 is 0 Å². The molecule has 0 aliphatic carbocycles. The van der Waals surface area contributed by atoms with E-state index in [4.69, 9.17) is 0 Å². The monoisotopic (exact) mass is 166 g/mol. The summed E-state index contributed by atoms with van der Waals surface area (Å²) in [7, 11) is 0. The zero-order valence-electron chi connectivity index (χ0n) is 4.54. The summed E-state index contributed by atoms with van der Waals surface area (Å²) in [6, 6.07) is 10.4. The quantitative estimate of drug-likeness (QED) is 0.552. The van der Waals surface area contributed by atoms with Crippen molar-refractivity contribution in [2.75, 3.05) is 0 Å². The number of benzene rings is 1. The molecule has 0 saturated carbocycles. The molecular formula is C7H7As. The third-order valence-corrected chi connectivity index (χ3v) is 1.79. The van der Waals surface area contributed by atoms with Gasteiger partial charge in [-0.05, 0) is 0 Å². The number of hydrogen-bond donors (Lipinski definition) is 0. The van der Waals surface area contributed by atoms with Gasteiger partial charge in [-0.15, -0.1) is 0 Å². The van der Waals surface area contributed by atoms with Crippen molar-refractivity contribution in [1.29, 1.82) is 0 Å². The molecule has 0 spiro atoms. The number of hydrogen-bond acceptors (Lipinski definition) is 0. The van der Waals surface area contributed by atoms with Gasteiger partial charge in [-0.3, -0.25) is 0 Å². The third kappa shape index (κ3) is 1.38. The van der Waals surface area contributed by atoms with E-state index in [0.29, 0.717) is 0 Å². The van der Waals surface area contributed by atoms with E-state index < -0.39 is 0 Å². The van der Waals surface area contributed by atoms with Crippen LogP contribution in [0.5, 0.6) is 0 Å². The van der Waals surface area contributed by atoms with Crippen LogP contribution in [0.3, 0.4) is 0 Å². The molecule has 2 radical (unpaired) electrons. The zero-order valence-corrected chi connectivity index (χ0v) is 6.42. The first-order valence-corrected chi connectivity index (χ1v) is 3.91. The maximum absolute atomic E-state index is 2.56. The predicted molar refractivity (Wildman–Crippen MR) is 35.9 cm³/mol. The molecule has 1 aromatic rings. The Morgan fingerprint density at radius 3 is 2.12 bits per heavy atom. The molecule has 0 amide bonds.